The van der Waals surface area contributed by atoms with E-state index in [9.17, 15) is 9.18 Å². The zero-order valence-corrected chi connectivity index (χ0v) is 16.9. The molecule has 0 bridgehead atoms. The summed E-state index contributed by atoms with van der Waals surface area (Å²) in [5.41, 5.74) is 0. The maximum absolute atomic E-state index is 12.9. The zero-order valence-electron chi connectivity index (χ0n) is 16.9. The summed E-state index contributed by atoms with van der Waals surface area (Å²) in [5, 5.41) is 2.76. The fourth-order valence-corrected chi connectivity index (χ4v) is 3.13. The summed E-state index contributed by atoms with van der Waals surface area (Å²) in [6.07, 6.45) is 2.90. The highest BCUT2D eigenvalue weighted by molar-refractivity contribution is 5.80. The summed E-state index contributed by atoms with van der Waals surface area (Å²) in [5.74, 6) is 1.86. The van der Waals surface area contributed by atoms with Crippen molar-refractivity contribution >= 4 is 11.7 Å². The molecule has 1 fully saturated rings. The normalized spacial score (nSPS) is 14.9. The molecule has 1 aromatic carbocycles. The number of carbonyl (C=O) groups excluding carboxylic acids is 1. The third kappa shape index (κ3) is 6.30. The van der Waals surface area contributed by atoms with Gasteiger partial charge in [0.05, 0.1) is 6.54 Å². The van der Waals surface area contributed by atoms with Crippen molar-refractivity contribution in [2.75, 3.05) is 31.1 Å². The van der Waals surface area contributed by atoms with Crippen molar-refractivity contribution in [2.24, 2.45) is 0 Å². The second-order valence-corrected chi connectivity index (χ2v) is 7.01. The van der Waals surface area contributed by atoms with Crippen LogP contribution in [0.3, 0.4) is 0 Å². The highest BCUT2D eigenvalue weighted by atomic mass is 19.1. The van der Waals surface area contributed by atoms with Gasteiger partial charge in [-0.2, -0.15) is 4.98 Å². The first-order valence-corrected chi connectivity index (χ1v) is 9.94. The Hall–Kier alpha value is -2.90. The van der Waals surface area contributed by atoms with Crippen LogP contribution in [0.4, 0.5) is 10.2 Å². The summed E-state index contributed by atoms with van der Waals surface area (Å²) < 4.78 is 24.1. The van der Waals surface area contributed by atoms with Gasteiger partial charge in [-0.15, -0.1) is 0 Å². The smallest absolute Gasteiger partial charge is 0.260 e. The van der Waals surface area contributed by atoms with Crippen LogP contribution >= 0.6 is 0 Å². The first-order valence-electron chi connectivity index (χ1n) is 9.94. The molecule has 2 heterocycles. The van der Waals surface area contributed by atoms with Crippen LogP contribution in [0.5, 0.6) is 11.6 Å². The van der Waals surface area contributed by atoms with Gasteiger partial charge in [-0.1, -0.05) is 0 Å². The lowest BCUT2D eigenvalue weighted by atomic mass is 10.1. The van der Waals surface area contributed by atoms with Gasteiger partial charge >= 0.3 is 0 Å². The number of hydrogen-bond acceptors (Lipinski definition) is 6. The number of amides is 1. The van der Waals surface area contributed by atoms with Gasteiger partial charge in [0.25, 0.3) is 5.91 Å². The number of hydrogen-bond donors (Lipinski definition) is 1. The topological polar surface area (TPSA) is 76.6 Å². The average Bonchev–Trinajstić information content (AvgIpc) is 2.73. The fraction of sp³-hybridized carbons (Fsp3) is 0.476. The van der Waals surface area contributed by atoms with Gasteiger partial charge in [0.15, 0.2) is 6.10 Å². The highest BCUT2D eigenvalue weighted by Gasteiger charge is 2.16. The molecule has 0 radical (unpaired) electrons. The lowest BCUT2D eigenvalue weighted by Crippen LogP contribution is -2.38. The lowest BCUT2D eigenvalue weighted by molar-refractivity contribution is -0.127. The van der Waals surface area contributed by atoms with E-state index in [4.69, 9.17) is 9.47 Å². The summed E-state index contributed by atoms with van der Waals surface area (Å²) in [4.78, 5) is 23.2. The van der Waals surface area contributed by atoms with Crippen molar-refractivity contribution < 1.29 is 18.7 Å². The maximum Gasteiger partial charge on any atom is 0.260 e. The van der Waals surface area contributed by atoms with Crippen LogP contribution in [-0.4, -0.2) is 48.2 Å². The van der Waals surface area contributed by atoms with Crippen molar-refractivity contribution in [2.45, 2.75) is 39.2 Å². The molecule has 1 saturated heterocycles. The lowest BCUT2D eigenvalue weighted by Gasteiger charge is -2.28. The van der Waals surface area contributed by atoms with Gasteiger partial charge in [0, 0.05) is 19.2 Å². The third-order valence-corrected chi connectivity index (χ3v) is 4.63. The van der Waals surface area contributed by atoms with Gasteiger partial charge in [-0.05, 0) is 57.4 Å². The van der Waals surface area contributed by atoms with Gasteiger partial charge in [-0.25, -0.2) is 9.37 Å². The Bertz CT molecular complexity index is 810. The Morgan fingerprint density at radius 1 is 1.21 bits per heavy atom. The van der Waals surface area contributed by atoms with E-state index in [0.29, 0.717) is 24.0 Å². The van der Waals surface area contributed by atoms with Crippen LogP contribution in [0, 0.1) is 12.7 Å². The number of benzene rings is 1. The molecule has 156 valence electrons. The first kappa shape index (κ1) is 20.8. The number of nitrogens with zero attached hydrogens (tertiary/aromatic N) is 3. The standard InChI is InChI=1S/C21H27FN4O3/c1-15(29-18-8-6-17(22)7-9-18)21(27)23-10-13-28-20-14-19(24-16(2)25-20)26-11-4-3-5-12-26/h6-9,14-15H,3-5,10-13H2,1-2H3,(H,23,27). The first-order chi connectivity index (χ1) is 14.0. The Morgan fingerprint density at radius 2 is 1.93 bits per heavy atom. The Morgan fingerprint density at radius 3 is 2.66 bits per heavy atom. The molecule has 1 amide bonds. The number of aromatic nitrogens is 2. The minimum Gasteiger partial charge on any atom is -0.481 e. The quantitative estimate of drug-likeness (QED) is 0.685. The van der Waals surface area contributed by atoms with Crippen molar-refractivity contribution in [1.29, 1.82) is 0 Å². The number of rotatable bonds is 8. The molecule has 1 aliphatic rings. The Kier molecular flexibility index (Phi) is 7.21. The van der Waals surface area contributed by atoms with E-state index in [0.717, 1.165) is 18.9 Å². The number of nitrogens with one attached hydrogen (secondary N) is 1. The Labute approximate surface area is 170 Å². The minimum absolute atomic E-state index is 0.272. The van der Waals surface area contributed by atoms with Gasteiger partial charge < -0.3 is 19.7 Å². The molecule has 29 heavy (non-hydrogen) atoms. The summed E-state index contributed by atoms with van der Waals surface area (Å²) in [6.45, 7) is 6.08. The molecule has 3 rings (SSSR count). The predicted octanol–water partition coefficient (Wildman–Crippen LogP) is 2.88. The molecule has 1 aliphatic heterocycles. The number of anilines is 1. The summed E-state index contributed by atoms with van der Waals surface area (Å²) >= 11 is 0. The number of ether oxygens (including phenoxy) is 2. The van der Waals surface area contributed by atoms with Crippen molar-refractivity contribution in [3.05, 3.63) is 42.0 Å². The summed E-state index contributed by atoms with van der Waals surface area (Å²) in [6, 6.07) is 7.39. The van der Waals surface area contributed by atoms with E-state index in [1.54, 1.807) is 6.92 Å². The van der Waals surface area contributed by atoms with E-state index in [1.807, 2.05) is 13.0 Å². The largest absolute Gasteiger partial charge is 0.481 e. The minimum atomic E-state index is -0.701. The Balaban J connectivity index is 1.44. The average molecular weight is 402 g/mol. The van der Waals surface area contributed by atoms with Crippen LogP contribution in [0.25, 0.3) is 0 Å². The molecule has 1 atom stereocenters. The number of aryl methyl sites for hydroxylation is 1. The van der Waals surface area contributed by atoms with E-state index in [-0.39, 0.29) is 18.3 Å². The highest BCUT2D eigenvalue weighted by Crippen LogP contribution is 2.21. The predicted molar refractivity (Wildman–Crippen MR) is 108 cm³/mol. The number of halogens is 1. The number of carbonyl (C=O) groups is 1. The van der Waals surface area contributed by atoms with E-state index in [1.165, 1.54) is 43.5 Å². The van der Waals surface area contributed by atoms with E-state index >= 15 is 0 Å². The van der Waals surface area contributed by atoms with Crippen molar-refractivity contribution in [3.8, 4) is 11.6 Å². The van der Waals surface area contributed by atoms with Crippen LogP contribution < -0.4 is 19.7 Å². The molecule has 1 unspecified atom stereocenters. The molecule has 7 nitrogen and oxygen atoms in total. The molecule has 1 N–H and O–H groups in total. The van der Waals surface area contributed by atoms with Gasteiger partial charge in [0.1, 0.15) is 29.8 Å². The van der Waals surface area contributed by atoms with Crippen LogP contribution in [0.15, 0.2) is 30.3 Å². The van der Waals surface area contributed by atoms with Crippen molar-refractivity contribution in [1.82, 2.24) is 15.3 Å². The molecular weight excluding hydrogens is 375 g/mol. The van der Waals surface area contributed by atoms with E-state index < -0.39 is 6.10 Å². The molecule has 8 heteroatoms. The van der Waals surface area contributed by atoms with Gasteiger partial charge in [-0.3, -0.25) is 4.79 Å². The van der Waals surface area contributed by atoms with Crippen LogP contribution in [-0.2, 0) is 4.79 Å². The van der Waals surface area contributed by atoms with Crippen LogP contribution in [0.2, 0.25) is 0 Å². The molecule has 0 aliphatic carbocycles. The van der Waals surface area contributed by atoms with Crippen LogP contribution in [0.1, 0.15) is 32.0 Å². The monoisotopic (exact) mass is 402 g/mol. The second-order valence-electron chi connectivity index (χ2n) is 7.01. The van der Waals surface area contributed by atoms with Gasteiger partial charge in [0.2, 0.25) is 5.88 Å². The number of piperidine rings is 1. The third-order valence-electron chi connectivity index (χ3n) is 4.63. The molecular formula is C21H27FN4O3. The molecule has 0 spiro atoms. The summed E-state index contributed by atoms with van der Waals surface area (Å²) in [7, 11) is 0. The molecule has 1 aromatic heterocycles. The molecule has 2 aromatic rings. The second kappa shape index (κ2) is 10.0. The van der Waals surface area contributed by atoms with E-state index in [2.05, 4.69) is 20.2 Å². The zero-order chi connectivity index (χ0) is 20.6. The maximum atomic E-state index is 12.9. The van der Waals surface area contributed by atoms with Crippen molar-refractivity contribution in [3.63, 3.8) is 0 Å². The fourth-order valence-electron chi connectivity index (χ4n) is 3.13. The molecule has 0 saturated carbocycles. The SMILES string of the molecule is Cc1nc(OCCNC(=O)C(C)Oc2ccc(F)cc2)cc(N2CCCCC2)n1.